The zero-order chi connectivity index (χ0) is 12.4. The van der Waals surface area contributed by atoms with E-state index in [-0.39, 0.29) is 12.4 Å². The Balaban J connectivity index is 0.00000133. The van der Waals surface area contributed by atoms with Gasteiger partial charge in [-0.15, -0.1) is 12.4 Å². The fraction of sp³-hybridized carbons (Fsp3) is 0.933. The first-order chi connectivity index (χ1) is 8.83. The predicted octanol–water partition coefficient (Wildman–Crippen LogP) is 2.59. The van der Waals surface area contributed by atoms with Gasteiger partial charge >= 0.3 is 0 Å². The molecule has 2 heterocycles. The maximum Gasteiger partial charge on any atom is 0.222 e. The summed E-state index contributed by atoms with van der Waals surface area (Å²) in [5.41, 5.74) is 0. The Hall–Kier alpha value is -0.280. The highest BCUT2D eigenvalue weighted by molar-refractivity contribution is 5.85. The van der Waals surface area contributed by atoms with Crippen molar-refractivity contribution < 1.29 is 4.79 Å². The highest BCUT2D eigenvalue weighted by Gasteiger charge is 2.36. The van der Waals surface area contributed by atoms with Crippen molar-refractivity contribution in [3.8, 4) is 0 Å². The number of rotatable bonds is 3. The number of carbonyl (C=O) groups is 1. The molecule has 1 amide bonds. The molecule has 3 atom stereocenters. The molecular weight excluding hydrogens is 260 g/mol. The van der Waals surface area contributed by atoms with E-state index in [9.17, 15) is 4.79 Å². The number of likely N-dealkylation sites (tertiary alicyclic amines) is 1. The third-order valence-corrected chi connectivity index (χ3v) is 5.20. The molecule has 110 valence electrons. The number of hydrogen-bond donors (Lipinski definition) is 1. The molecule has 3 unspecified atom stereocenters. The SMILES string of the molecule is Cl.O=C(CCC1CCCN1)N1CC2CCCCC2C1. The lowest BCUT2D eigenvalue weighted by molar-refractivity contribution is -0.130. The third kappa shape index (κ3) is 3.63. The Morgan fingerprint density at radius 3 is 2.32 bits per heavy atom. The molecule has 1 aliphatic carbocycles. The van der Waals surface area contributed by atoms with Crippen LogP contribution in [0.3, 0.4) is 0 Å². The minimum Gasteiger partial charge on any atom is -0.342 e. The Kier molecular flexibility index (Phi) is 5.52. The highest BCUT2D eigenvalue weighted by Crippen LogP contribution is 2.36. The molecule has 19 heavy (non-hydrogen) atoms. The Morgan fingerprint density at radius 1 is 1.05 bits per heavy atom. The smallest absolute Gasteiger partial charge is 0.222 e. The highest BCUT2D eigenvalue weighted by atomic mass is 35.5. The van der Waals surface area contributed by atoms with Gasteiger partial charge in [0.25, 0.3) is 0 Å². The van der Waals surface area contributed by atoms with E-state index < -0.39 is 0 Å². The number of nitrogens with one attached hydrogen (secondary N) is 1. The number of fused-ring (bicyclic) bond motifs is 1. The van der Waals surface area contributed by atoms with E-state index in [2.05, 4.69) is 10.2 Å². The van der Waals surface area contributed by atoms with Crippen LogP contribution in [0.25, 0.3) is 0 Å². The van der Waals surface area contributed by atoms with Crippen molar-refractivity contribution in [3.05, 3.63) is 0 Å². The monoisotopic (exact) mass is 286 g/mol. The molecule has 0 aromatic heterocycles. The van der Waals surface area contributed by atoms with Gasteiger partial charge in [0, 0.05) is 25.6 Å². The molecule has 0 bridgehead atoms. The van der Waals surface area contributed by atoms with Crippen molar-refractivity contribution in [3.63, 3.8) is 0 Å². The van der Waals surface area contributed by atoms with Crippen LogP contribution in [0.4, 0.5) is 0 Å². The van der Waals surface area contributed by atoms with E-state index >= 15 is 0 Å². The lowest BCUT2D eigenvalue weighted by Gasteiger charge is -2.22. The summed E-state index contributed by atoms with van der Waals surface area (Å²) in [7, 11) is 0. The van der Waals surface area contributed by atoms with E-state index in [0.717, 1.165) is 44.3 Å². The maximum atomic E-state index is 12.2. The summed E-state index contributed by atoms with van der Waals surface area (Å²) in [6, 6.07) is 0.610. The summed E-state index contributed by atoms with van der Waals surface area (Å²) in [6.45, 7) is 3.26. The first-order valence-electron chi connectivity index (χ1n) is 7.84. The van der Waals surface area contributed by atoms with Crippen LogP contribution in [0.15, 0.2) is 0 Å². The van der Waals surface area contributed by atoms with Crippen LogP contribution in [0.5, 0.6) is 0 Å². The van der Waals surface area contributed by atoms with Crippen LogP contribution in [0.1, 0.15) is 51.4 Å². The molecule has 0 aromatic rings. The zero-order valence-corrected chi connectivity index (χ0v) is 12.6. The van der Waals surface area contributed by atoms with Gasteiger partial charge in [-0.1, -0.05) is 12.8 Å². The predicted molar refractivity (Wildman–Crippen MR) is 79.5 cm³/mol. The molecule has 3 aliphatic rings. The number of amides is 1. The standard InChI is InChI=1S/C15H26N2O.ClH/c18-15(8-7-14-6-3-9-16-14)17-10-12-4-1-2-5-13(12)11-17;/h12-14,16H,1-11H2;1H. The van der Waals surface area contributed by atoms with Gasteiger partial charge in [0.2, 0.25) is 5.91 Å². The van der Waals surface area contributed by atoms with Crippen molar-refractivity contribution in [1.82, 2.24) is 10.2 Å². The van der Waals surface area contributed by atoms with Gasteiger partial charge in [0.15, 0.2) is 0 Å². The number of halogens is 1. The van der Waals surface area contributed by atoms with E-state index in [4.69, 9.17) is 0 Å². The first-order valence-corrected chi connectivity index (χ1v) is 7.84. The Bertz CT molecular complexity index is 291. The van der Waals surface area contributed by atoms with E-state index in [1.807, 2.05) is 0 Å². The molecule has 0 radical (unpaired) electrons. The van der Waals surface area contributed by atoms with Crippen LogP contribution in [0, 0.1) is 11.8 Å². The quantitative estimate of drug-likeness (QED) is 0.865. The Morgan fingerprint density at radius 2 is 1.74 bits per heavy atom. The minimum absolute atomic E-state index is 0. The van der Waals surface area contributed by atoms with Crippen LogP contribution < -0.4 is 5.32 Å². The molecule has 1 saturated carbocycles. The van der Waals surface area contributed by atoms with E-state index in [1.165, 1.54) is 38.5 Å². The fourth-order valence-corrected chi connectivity index (χ4v) is 4.07. The molecule has 3 fully saturated rings. The van der Waals surface area contributed by atoms with Gasteiger partial charge in [-0.2, -0.15) is 0 Å². The minimum atomic E-state index is 0. The lowest BCUT2D eigenvalue weighted by atomic mass is 9.82. The number of nitrogens with zero attached hydrogens (tertiary/aromatic N) is 1. The summed E-state index contributed by atoms with van der Waals surface area (Å²) in [5.74, 6) is 2.07. The Labute approximate surface area is 122 Å². The van der Waals surface area contributed by atoms with E-state index in [1.54, 1.807) is 0 Å². The summed E-state index contributed by atoms with van der Waals surface area (Å²) in [5, 5.41) is 3.48. The molecular formula is C15H27ClN2O. The van der Waals surface area contributed by atoms with Crippen LogP contribution in [-0.4, -0.2) is 36.5 Å². The fourth-order valence-electron chi connectivity index (χ4n) is 4.07. The third-order valence-electron chi connectivity index (χ3n) is 5.20. The second kappa shape index (κ2) is 6.94. The molecule has 4 heteroatoms. The van der Waals surface area contributed by atoms with Crippen molar-refractivity contribution in [2.45, 2.75) is 57.4 Å². The molecule has 0 aromatic carbocycles. The second-order valence-corrected chi connectivity index (χ2v) is 6.44. The van der Waals surface area contributed by atoms with Gasteiger partial charge in [0.05, 0.1) is 0 Å². The normalized spacial score (nSPS) is 33.9. The van der Waals surface area contributed by atoms with Gasteiger partial charge < -0.3 is 10.2 Å². The number of hydrogen-bond acceptors (Lipinski definition) is 2. The van der Waals surface area contributed by atoms with Crippen LogP contribution >= 0.6 is 12.4 Å². The largest absolute Gasteiger partial charge is 0.342 e. The molecule has 3 rings (SSSR count). The van der Waals surface area contributed by atoms with Crippen molar-refractivity contribution >= 4 is 18.3 Å². The number of carbonyl (C=O) groups excluding carboxylic acids is 1. The average molecular weight is 287 g/mol. The molecule has 2 saturated heterocycles. The molecule has 2 aliphatic heterocycles. The zero-order valence-electron chi connectivity index (χ0n) is 11.8. The summed E-state index contributed by atoms with van der Waals surface area (Å²) < 4.78 is 0. The average Bonchev–Trinajstić information content (AvgIpc) is 3.04. The van der Waals surface area contributed by atoms with Crippen molar-refractivity contribution in [2.24, 2.45) is 11.8 Å². The van der Waals surface area contributed by atoms with Crippen LogP contribution in [0.2, 0.25) is 0 Å². The second-order valence-electron chi connectivity index (χ2n) is 6.44. The summed E-state index contributed by atoms with van der Waals surface area (Å²) in [4.78, 5) is 14.4. The lowest BCUT2D eigenvalue weighted by Crippen LogP contribution is -2.31. The maximum absolute atomic E-state index is 12.2. The molecule has 1 N–H and O–H groups in total. The molecule has 3 nitrogen and oxygen atoms in total. The van der Waals surface area contributed by atoms with Crippen LogP contribution in [-0.2, 0) is 4.79 Å². The van der Waals surface area contributed by atoms with Crippen molar-refractivity contribution in [1.29, 1.82) is 0 Å². The van der Waals surface area contributed by atoms with Crippen molar-refractivity contribution in [2.75, 3.05) is 19.6 Å². The molecule has 0 spiro atoms. The van der Waals surface area contributed by atoms with Gasteiger partial charge in [-0.05, 0) is 50.5 Å². The summed E-state index contributed by atoms with van der Waals surface area (Å²) >= 11 is 0. The first kappa shape index (κ1) is 15.1. The van der Waals surface area contributed by atoms with E-state index in [0.29, 0.717) is 11.9 Å². The topological polar surface area (TPSA) is 32.3 Å². The van der Waals surface area contributed by atoms with Gasteiger partial charge in [-0.25, -0.2) is 0 Å². The summed E-state index contributed by atoms with van der Waals surface area (Å²) in [6.07, 6.45) is 9.84. The van der Waals surface area contributed by atoms with Gasteiger partial charge in [-0.3, -0.25) is 4.79 Å². The van der Waals surface area contributed by atoms with Gasteiger partial charge in [0.1, 0.15) is 0 Å².